The van der Waals surface area contributed by atoms with Crippen LogP contribution < -0.4 is 9.80 Å². The van der Waals surface area contributed by atoms with Crippen LogP contribution in [0.2, 0.25) is 0 Å². The van der Waals surface area contributed by atoms with Gasteiger partial charge in [0.15, 0.2) is 11.6 Å². The van der Waals surface area contributed by atoms with Crippen molar-refractivity contribution in [1.29, 1.82) is 5.26 Å². The number of aryl methyl sites for hydroxylation is 2. The van der Waals surface area contributed by atoms with Crippen LogP contribution in [0.25, 0.3) is 0 Å². The van der Waals surface area contributed by atoms with Gasteiger partial charge < -0.3 is 19.8 Å². The highest BCUT2D eigenvalue weighted by Gasteiger charge is 2.37. The zero-order valence-corrected chi connectivity index (χ0v) is 24.7. The van der Waals surface area contributed by atoms with Gasteiger partial charge in [-0.1, -0.05) is 25.6 Å². The Morgan fingerprint density at radius 1 is 1.02 bits per heavy atom. The van der Waals surface area contributed by atoms with Crippen molar-refractivity contribution in [2.75, 3.05) is 42.6 Å². The predicted molar refractivity (Wildman–Crippen MR) is 168 cm³/mol. The van der Waals surface area contributed by atoms with E-state index in [1.807, 2.05) is 44.2 Å². The lowest BCUT2D eigenvalue weighted by Crippen LogP contribution is -2.59. The number of para-hydroxylation sites is 1. The molecule has 0 radical (unpaired) electrons. The molecule has 0 bridgehead atoms. The summed E-state index contributed by atoms with van der Waals surface area (Å²) in [5.74, 6) is -2.44. The summed E-state index contributed by atoms with van der Waals surface area (Å²) in [4.78, 5) is 32.1. The maximum absolute atomic E-state index is 13.9. The summed E-state index contributed by atoms with van der Waals surface area (Å²) in [5, 5.41) is 19.6. The second-order valence-corrected chi connectivity index (χ2v) is 11.6. The van der Waals surface area contributed by atoms with E-state index in [-0.39, 0.29) is 32.1 Å². The maximum atomic E-state index is 13.9. The van der Waals surface area contributed by atoms with Crippen LogP contribution in [0.5, 0.6) is 0 Å². The molecule has 1 atom stereocenters. The number of carbonyl (C=O) groups excluding carboxylic acids is 2. The van der Waals surface area contributed by atoms with Crippen molar-refractivity contribution in [2.45, 2.75) is 53.5 Å². The molecule has 232 valence electrons. The number of halogens is 2. The first-order chi connectivity index (χ1) is 20.6. The molecule has 2 fully saturated rings. The average molecular weight is 603 g/mol. The minimum Gasteiger partial charge on any atom is -0.394 e. The van der Waals surface area contributed by atoms with Gasteiger partial charge in [-0.05, 0) is 92.5 Å². The number of hydrogen-bond donors (Lipinski definition) is 1. The van der Waals surface area contributed by atoms with Crippen molar-refractivity contribution in [3.63, 3.8) is 0 Å². The third kappa shape index (κ3) is 6.31. The van der Waals surface area contributed by atoms with Crippen LogP contribution in [0, 0.1) is 49.7 Å². The fourth-order valence-corrected chi connectivity index (χ4v) is 6.67. The summed E-state index contributed by atoms with van der Waals surface area (Å²) < 4.78 is 27.4. The zero-order chi connectivity index (χ0) is 30.8. The lowest BCUT2D eigenvalue weighted by molar-refractivity contribution is -0.122. The van der Waals surface area contributed by atoms with Gasteiger partial charge in [0.05, 0.1) is 23.9 Å². The summed E-state index contributed by atoms with van der Waals surface area (Å²) >= 11 is 0. The minimum atomic E-state index is -1.09. The zero-order valence-electron chi connectivity index (χ0n) is 24.7. The van der Waals surface area contributed by atoms with E-state index in [1.54, 1.807) is 0 Å². The molecule has 0 aromatic heterocycles. The average Bonchev–Trinajstić information content (AvgIpc) is 3.00. The Labute approximate surface area is 258 Å². The van der Waals surface area contributed by atoms with Gasteiger partial charge in [0, 0.05) is 37.0 Å². The summed E-state index contributed by atoms with van der Waals surface area (Å²) in [7, 11) is 0. The molecule has 2 heterocycles. The number of anilines is 2. The number of nitriles is 1. The predicted octanol–water partition coefficient (Wildman–Crippen LogP) is 5.71. The monoisotopic (exact) mass is 602 g/mol. The highest BCUT2D eigenvalue weighted by molar-refractivity contribution is 6.03. The largest absolute Gasteiger partial charge is 0.394 e. The number of nitrogens with zero attached hydrogens (tertiary/aromatic N) is 4. The Morgan fingerprint density at radius 2 is 1.73 bits per heavy atom. The van der Waals surface area contributed by atoms with Crippen LogP contribution in [-0.4, -0.2) is 60.6 Å². The number of amides is 2. The Bertz CT molecular complexity index is 1590. The van der Waals surface area contributed by atoms with Crippen molar-refractivity contribution < 1.29 is 23.5 Å². The van der Waals surface area contributed by atoms with E-state index < -0.39 is 30.2 Å². The normalized spacial score (nSPS) is 17.3. The van der Waals surface area contributed by atoms with E-state index in [2.05, 4.69) is 17.9 Å². The van der Waals surface area contributed by atoms with Gasteiger partial charge in [0.25, 0.3) is 5.91 Å². The molecule has 2 saturated heterocycles. The van der Waals surface area contributed by atoms with Crippen LogP contribution in [0.1, 0.15) is 58.4 Å². The van der Waals surface area contributed by atoms with E-state index in [0.717, 1.165) is 72.4 Å². The van der Waals surface area contributed by atoms with Gasteiger partial charge in [0.1, 0.15) is 12.6 Å². The molecule has 3 aromatic rings. The molecule has 1 N–H and O–H groups in total. The van der Waals surface area contributed by atoms with Crippen LogP contribution in [0.3, 0.4) is 0 Å². The second kappa shape index (κ2) is 13.6. The van der Waals surface area contributed by atoms with Gasteiger partial charge in [-0.15, -0.1) is 0 Å². The molecule has 0 aliphatic carbocycles. The number of benzene rings is 3. The Hall–Kier alpha value is -4.29. The summed E-state index contributed by atoms with van der Waals surface area (Å²) in [5.41, 5.74) is 6.33. The highest BCUT2D eigenvalue weighted by atomic mass is 19.2. The molecule has 0 saturated carbocycles. The van der Waals surface area contributed by atoms with Crippen molar-refractivity contribution in [3.05, 3.63) is 93.5 Å². The van der Waals surface area contributed by atoms with Crippen LogP contribution in [0.4, 0.5) is 20.2 Å². The van der Waals surface area contributed by atoms with Crippen LogP contribution in [-0.2, 0) is 11.2 Å². The standard InChI is InChI=1S/C34H36F2N4O3.CH4/c1-21-14-22(2)33(23(3)28(21)15-24-10-12-38(13-11-24)31-7-5-4-6-25(31)17-37)34(43)39-18-27(20-41)40(32(42)19-39)26-8-9-29(35)30(36)16-26;/h4-9,14,16,24,27,41H,10-13,15,18-20H2,1-3H3;1H4/t27-;/m0./s1. The van der Waals surface area contributed by atoms with E-state index in [9.17, 15) is 28.7 Å². The minimum absolute atomic E-state index is 0. The van der Waals surface area contributed by atoms with E-state index in [4.69, 9.17) is 0 Å². The van der Waals surface area contributed by atoms with E-state index >= 15 is 0 Å². The first-order valence-corrected chi connectivity index (χ1v) is 14.6. The Morgan fingerprint density at radius 3 is 2.39 bits per heavy atom. The number of rotatable bonds is 6. The Kier molecular flexibility index (Phi) is 10.1. The second-order valence-electron chi connectivity index (χ2n) is 11.6. The van der Waals surface area contributed by atoms with Crippen molar-refractivity contribution in [1.82, 2.24) is 4.90 Å². The van der Waals surface area contributed by atoms with Crippen LogP contribution in [0.15, 0.2) is 48.5 Å². The van der Waals surface area contributed by atoms with Gasteiger partial charge in [-0.25, -0.2) is 8.78 Å². The van der Waals surface area contributed by atoms with Gasteiger partial charge >= 0.3 is 0 Å². The maximum Gasteiger partial charge on any atom is 0.254 e. The van der Waals surface area contributed by atoms with Crippen molar-refractivity contribution in [3.8, 4) is 6.07 Å². The van der Waals surface area contributed by atoms with Gasteiger partial charge in [-0.2, -0.15) is 5.26 Å². The van der Waals surface area contributed by atoms with Gasteiger partial charge in [-0.3, -0.25) is 9.59 Å². The molecule has 2 aliphatic rings. The lowest BCUT2D eigenvalue weighted by atomic mass is 9.83. The summed E-state index contributed by atoms with van der Waals surface area (Å²) in [6.45, 7) is 7.01. The molecule has 44 heavy (non-hydrogen) atoms. The lowest BCUT2D eigenvalue weighted by Gasteiger charge is -2.40. The summed E-state index contributed by atoms with van der Waals surface area (Å²) in [6.07, 6.45) is 2.76. The topological polar surface area (TPSA) is 87.9 Å². The molecular formula is C35H40F2N4O3. The Balaban J connectivity index is 0.00000442. The van der Waals surface area contributed by atoms with Crippen LogP contribution >= 0.6 is 0 Å². The third-order valence-corrected chi connectivity index (χ3v) is 8.89. The first kappa shape index (κ1) is 32.6. The molecule has 0 spiro atoms. The number of carbonyl (C=O) groups is 2. The number of aliphatic hydroxyl groups excluding tert-OH is 1. The number of piperazine rings is 1. The molecule has 5 rings (SSSR count). The van der Waals surface area contributed by atoms with Crippen molar-refractivity contribution >= 4 is 23.2 Å². The highest BCUT2D eigenvalue weighted by Crippen LogP contribution is 2.32. The quantitative estimate of drug-likeness (QED) is 0.391. The van der Waals surface area contributed by atoms with E-state index in [0.29, 0.717) is 17.0 Å². The van der Waals surface area contributed by atoms with E-state index in [1.165, 1.54) is 15.9 Å². The molecule has 7 nitrogen and oxygen atoms in total. The molecular weight excluding hydrogens is 562 g/mol. The smallest absolute Gasteiger partial charge is 0.254 e. The number of aliphatic hydroxyl groups is 1. The number of hydrogen-bond acceptors (Lipinski definition) is 5. The fraction of sp³-hybridized carbons (Fsp3) is 0.400. The molecule has 2 amide bonds. The molecule has 0 unspecified atom stereocenters. The van der Waals surface area contributed by atoms with Crippen molar-refractivity contribution in [2.24, 2.45) is 5.92 Å². The molecule has 2 aliphatic heterocycles. The first-order valence-electron chi connectivity index (χ1n) is 14.6. The SMILES string of the molecule is C.Cc1cc(C)c(C(=O)N2CC(=O)N(c3ccc(F)c(F)c3)[C@H](CO)C2)c(C)c1CC1CCN(c2ccccc2C#N)CC1. The molecule has 9 heteroatoms. The number of piperidine rings is 1. The fourth-order valence-electron chi connectivity index (χ4n) is 6.67. The third-order valence-electron chi connectivity index (χ3n) is 8.89. The summed E-state index contributed by atoms with van der Waals surface area (Å²) in [6, 6.07) is 14.4. The van der Waals surface area contributed by atoms with Gasteiger partial charge in [0.2, 0.25) is 5.91 Å². The molecule has 3 aromatic carbocycles.